The maximum Gasteiger partial charge on any atom is 0.0468 e. The quantitative estimate of drug-likeness (QED) is 0.150. The van der Waals surface area contributed by atoms with E-state index >= 15 is 0 Å². The third kappa shape index (κ3) is 6.12. The SMILES string of the molecule is c1ccc(-c2cccc(-c3ccc(N(c4ccc(-c5cccc6ccccc56)cc4)c4ccc5ccc6ccccc6c5c4)cc3-c3ccccc3)c2)cc1. The van der Waals surface area contributed by atoms with Crippen LogP contribution in [0.2, 0.25) is 0 Å². The van der Waals surface area contributed by atoms with Gasteiger partial charge < -0.3 is 4.90 Å². The highest BCUT2D eigenvalue weighted by molar-refractivity contribution is 6.09. The van der Waals surface area contributed by atoms with Crippen LogP contribution < -0.4 is 4.90 Å². The lowest BCUT2D eigenvalue weighted by Gasteiger charge is -2.27. The Bertz CT molecular complexity index is 2960. The van der Waals surface area contributed by atoms with Crippen molar-refractivity contribution in [3.8, 4) is 44.5 Å². The predicted molar refractivity (Wildman–Crippen MR) is 235 cm³/mol. The van der Waals surface area contributed by atoms with Gasteiger partial charge in [-0.25, -0.2) is 0 Å². The second-order valence-electron chi connectivity index (χ2n) is 14.1. The Morgan fingerprint density at radius 3 is 1.51 bits per heavy atom. The monoisotopic (exact) mass is 699 g/mol. The van der Waals surface area contributed by atoms with E-state index in [1.165, 1.54) is 76.8 Å². The Balaban J connectivity index is 1.16. The molecule has 0 saturated heterocycles. The van der Waals surface area contributed by atoms with Crippen molar-refractivity contribution in [1.29, 1.82) is 0 Å². The van der Waals surface area contributed by atoms with Gasteiger partial charge in [0, 0.05) is 17.1 Å². The minimum absolute atomic E-state index is 1.10. The smallest absolute Gasteiger partial charge is 0.0468 e. The molecule has 0 atom stereocenters. The molecule has 0 unspecified atom stereocenters. The van der Waals surface area contributed by atoms with Crippen LogP contribution in [0.4, 0.5) is 17.1 Å². The summed E-state index contributed by atoms with van der Waals surface area (Å²) in [5.41, 5.74) is 12.9. The number of benzene rings is 10. The first-order valence-corrected chi connectivity index (χ1v) is 18.9. The zero-order chi connectivity index (χ0) is 36.6. The normalized spacial score (nSPS) is 11.3. The van der Waals surface area contributed by atoms with Gasteiger partial charge >= 0.3 is 0 Å². The Morgan fingerprint density at radius 2 is 0.727 bits per heavy atom. The van der Waals surface area contributed by atoms with Gasteiger partial charge in [-0.3, -0.25) is 0 Å². The molecule has 0 aliphatic rings. The summed E-state index contributed by atoms with van der Waals surface area (Å²) in [5.74, 6) is 0. The van der Waals surface area contributed by atoms with Crippen LogP contribution in [0.1, 0.15) is 0 Å². The van der Waals surface area contributed by atoms with Crippen LogP contribution in [0, 0.1) is 0 Å². The summed E-state index contributed by atoms with van der Waals surface area (Å²) in [4.78, 5) is 2.41. The van der Waals surface area contributed by atoms with E-state index in [1.54, 1.807) is 0 Å². The van der Waals surface area contributed by atoms with Gasteiger partial charge in [-0.2, -0.15) is 0 Å². The number of fused-ring (bicyclic) bond motifs is 4. The minimum atomic E-state index is 1.10. The van der Waals surface area contributed by atoms with Crippen molar-refractivity contribution < 1.29 is 0 Å². The molecule has 1 nitrogen and oxygen atoms in total. The zero-order valence-electron chi connectivity index (χ0n) is 30.3. The topological polar surface area (TPSA) is 3.24 Å². The van der Waals surface area contributed by atoms with E-state index in [0.29, 0.717) is 0 Å². The van der Waals surface area contributed by atoms with E-state index in [1.807, 2.05) is 0 Å². The molecule has 0 heterocycles. The molecule has 55 heavy (non-hydrogen) atoms. The van der Waals surface area contributed by atoms with Crippen molar-refractivity contribution in [2.45, 2.75) is 0 Å². The molecule has 0 spiro atoms. The molecule has 10 aromatic carbocycles. The lowest BCUT2D eigenvalue weighted by Crippen LogP contribution is -2.10. The standard InChI is InChI=1S/C54H37N/c1-3-13-38(14-4-1)44-20-11-21-45(35-44)52-34-33-48(37-53(52)40-15-5-2-6-16-40)55(47-32-29-43-26-25-41-18-8-10-23-51(41)54(43)36-47)46-30-27-42(28-31-46)50-24-12-19-39-17-7-9-22-49(39)50/h1-37H. The molecule has 0 amide bonds. The molecular formula is C54H37N. The highest BCUT2D eigenvalue weighted by atomic mass is 15.1. The number of hydrogen-bond acceptors (Lipinski definition) is 1. The Kier molecular flexibility index (Phi) is 8.24. The van der Waals surface area contributed by atoms with Crippen LogP contribution in [0.15, 0.2) is 224 Å². The van der Waals surface area contributed by atoms with Crippen LogP contribution in [0.25, 0.3) is 76.8 Å². The molecule has 1 heteroatoms. The summed E-state index contributed by atoms with van der Waals surface area (Å²) in [7, 11) is 0. The fourth-order valence-corrected chi connectivity index (χ4v) is 8.12. The number of hydrogen-bond donors (Lipinski definition) is 0. The van der Waals surface area contributed by atoms with Crippen molar-refractivity contribution >= 4 is 49.4 Å². The van der Waals surface area contributed by atoms with Gasteiger partial charge in [-0.15, -0.1) is 0 Å². The summed E-state index contributed by atoms with van der Waals surface area (Å²) in [6.07, 6.45) is 0. The maximum atomic E-state index is 2.41. The Hall–Kier alpha value is -7.22. The first-order chi connectivity index (χ1) is 27.3. The number of anilines is 3. The second-order valence-corrected chi connectivity index (χ2v) is 14.1. The highest BCUT2D eigenvalue weighted by Gasteiger charge is 2.18. The van der Waals surface area contributed by atoms with E-state index in [-0.39, 0.29) is 0 Å². The van der Waals surface area contributed by atoms with Crippen LogP contribution in [0.5, 0.6) is 0 Å². The van der Waals surface area contributed by atoms with Gasteiger partial charge in [0.2, 0.25) is 0 Å². The van der Waals surface area contributed by atoms with E-state index in [0.717, 1.165) is 17.1 Å². The van der Waals surface area contributed by atoms with Crippen molar-refractivity contribution in [3.05, 3.63) is 224 Å². The number of nitrogens with zero attached hydrogens (tertiary/aromatic N) is 1. The lowest BCUT2D eigenvalue weighted by molar-refractivity contribution is 1.29. The number of rotatable bonds is 7. The minimum Gasteiger partial charge on any atom is -0.310 e. The zero-order valence-corrected chi connectivity index (χ0v) is 30.3. The molecular weight excluding hydrogens is 663 g/mol. The predicted octanol–water partition coefficient (Wildman–Crippen LogP) is 15.3. The average molecular weight is 700 g/mol. The largest absolute Gasteiger partial charge is 0.310 e. The van der Waals surface area contributed by atoms with Crippen LogP contribution in [0.3, 0.4) is 0 Å². The molecule has 0 aromatic heterocycles. The van der Waals surface area contributed by atoms with Crippen LogP contribution in [-0.2, 0) is 0 Å². The van der Waals surface area contributed by atoms with Crippen LogP contribution in [-0.4, -0.2) is 0 Å². The molecule has 0 radical (unpaired) electrons. The van der Waals surface area contributed by atoms with E-state index in [4.69, 9.17) is 0 Å². The Labute approximate surface area is 322 Å². The molecule has 0 N–H and O–H groups in total. The van der Waals surface area contributed by atoms with E-state index < -0.39 is 0 Å². The fraction of sp³-hybridized carbons (Fsp3) is 0. The van der Waals surface area contributed by atoms with Gasteiger partial charge in [0.05, 0.1) is 0 Å². The summed E-state index contributed by atoms with van der Waals surface area (Å²) in [6, 6.07) is 81.5. The van der Waals surface area contributed by atoms with Gasteiger partial charge in [-0.05, 0) is 119 Å². The lowest BCUT2D eigenvalue weighted by atomic mass is 9.91. The summed E-state index contributed by atoms with van der Waals surface area (Å²) in [6.45, 7) is 0. The summed E-state index contributed by atoms with van der Waals surface area (Å²) < 4.78 is 0. The molecule has 0 fully saturated rings. The van der Waals surface area contributed by atoms with E-state index in [9.17, 15) is 0 Å². The van der Waals surface area contributed by atoms with Crippen molar-refractivity contribution in [2.75, 3.05) is 4.90 Å². The molecule has 0 bridgehead atoms. The Morgan fingerprint density at radius 1 is 0.218 bits per heavy atom. The van der Waals surface area contributed by atoms with Crippen molar-refractivity contribution in [3.63, 3.8) is 0 Å². The third-order valence-electron chi connectivity index (χ3n) is 10.8. The highest BCUT2D eigenvalue weighted by Crippen LogP contribution is 2.43. The molecule has 0 aliphatic heterocycles. The molecule has 10 rings (SSSR count). The van der Waals surface area contributed by atoms with Crippen molar-refractivity contribution in [1.82, 2.24) is 0 Å². The molecule has 0 aliphatic carbocycles. The molecule has 258 valence electrons. The first-order valence-electron chi connectivity index (χ1n) is 18.9. The summed E-state index contributed by atoms with van der Waals surface area (Å²) >= 11 is 0. The first kappa shape index (κ1) is 32.4. The molecule has 10 aromatic rings. The summed E-state index contributed by atoms with van der Waals surface area (Å²) in [5, 5.41) is 7.48. The molecule has 0 saturated carbocycles. The average Bonchev–Trinajstić information content (AvgIpc) is 3.27. The van der Waals surface area contributed by atoms with Crippen molar-refractivity contribution in [2.24, 2.45) is 0 Å². The van der Waals surface area contributed by atoms with Gasteiger partial charge in [0.25, 0.3) is 0 Å². The third-order valence-corrected chi connectivity index (χ3v) is 10.8. The maximum absolute atomic E-state index is 2.41. The second kappa shape index (κ2) is 14.0. The van der Waals surface area contributed by atoms with Gasteiger partial charge in [-0.1, -0.05) is 182 Å². The fourth-order valence-electron chi connectivity index (χ4n) is 8.12. The van der Waals surface area contributed by atoms with Crippen LogP contribution >= 0.6 is 0 Å². The van der Waals surface area contributed by atoms with E-state index in [2.05, 4.69) is 229 Å². The van der Waals surface area contributed by atoms with Gasteiger partial charge in [0.15, 0.2) is 0 Å². The van der Waals surface area contributed by atoms with Gasteiger partial charge in [0.1, 0.15) is 0 Å².